The molecule has 3 rings (SSSR count). The second-order valence-corrected chi connectivity index (χ2v) is 6.19. The second kappa shape index (κ2) is 8.20. The van der Waals surface area contributed by atoms with Crippen LogP contribution >= 0.6 is 0 Å². The van der Waals surface area contributed by atoms with Crippen LogP contribution in [0.2, 0.25) is 0 Å². The molecule has 0 atom stereocenters. The highest BCUT2D eigenvalue weighted by molar-refractivity contribution is 5.95. The molecule has 0 aliphatic carbocycles. The normalized spacial score (nSPS) is 14.1. The number of hydrazine groups is 1. The minimum Gasteiger partial charge on any atom is -0.484 e. The number of hydrogen-bond acceptors (Lipinski definition) is 4. The van der Waals surface area contributed by atoms with E-state index in [0.29, 0.717) is 24.4 Å². The average Bonchev–Trinajstić information content (AvgIpc) is 3.10. The third-order valence-corrected chi connectivity index (χ3v) is 4.11. The highest BCUT2D eigenvalue weighted by atomic mass is 19.4. The highest BCUT2D eigenvalue weighted by Crippen LogP contribution is 2.30. The molecular formula is C19H18F3N3O3. The number of nitrogens with zero attached hydrogens (tertiary/aromatic N) is 1. The summed E-state index contributed by atoms with van der Waals surface area (Å²) in [6.07, 6.45) is -3.16. The molecule has 1 saturated heterocycles. The fourth-order valence-corrected chi connectivity index (χ4v) is 2.76. The first-order valence-corrected chi connectivity index (χ1v) is 8.58. The Balaban J connectivity index is 1.52. The predicted octanol–water partition coefficient (Wildman–Crippen LogP) is 3.35. The molecule has 9 heteroatoms. The maximum absolute atomic E-state index is 12.7. The van der Waals surface area contributed by atoms with Gasteiger partial charge in [0, 0.05) is 24.7 Å². The minimum absolute atomic E-state index is 0.0418. The maximum Gasteiger partial charge on any atom is 0.416 e. The number of ether oxygens (including phenoxy) is 1. The van der Waals surface area contributed by atoms with Crippen molar-refractivity contribution in [1.82, 2.24) is 5.43 Å². The minimum atomic E-state index is -4.47. The number of hydrogen-bond donors (Lipinski definition) is 2. The van der Waals surface area contributed by atoms with Crippen LogP contribution in [0, 0.1) is 0 Å². The molecule has 2 amide bonds. The van der Waals surface area contributed by atoms with Gasteiger partial charge < -0.3 is 9.64 Å². The summed E-state index contributed by atoms with van der Waals surface area (Å²) in [6.45, 7) is 0.299. The Kier molecular flexibility index (Phi) is 5.72. The molecule has 6 nitrogen and oxygen atoms in total. The van der Waals surface area contributed by atoms with Gasteiger partial charge in [0.25, 0.3) is 5.91 Å². The Morgan fingerprint density at radius 2 is 1.93 bits per heavy atom. The lowest BCUT2D eigenvalue weighted by atomic mass is 10.2. The first-order valence-electron chi connectivity index (χ1n) is 8.58. The van der Waals surface area contributed by atoms with E-state index < -0.39 is 17.6 Å². The van der Waals surface area contributed by atoms with Crippen molar-refractivity contribution in [3.8, 4) is 5.75 Å². The van der Waals surface area contributed by atoms with Crippen LogP contribution in [-0.4, -0.2) is 25.0 Å². The molecule has 148 valence electrons. The molecule has 2 aromatic rings. The van der Waals surface area contributed by atoms with Gasteiger partial charge in [-0.25, -0.2) is 0 Å². The van der Waals surface area contributed by atoms with Gasteiger partial charge in [0.15, 0.2) is 6.61 Å². The first kappa shape index (κ1) is 19.5. The van der Waals surface area contributed by atoms with Crippen molar-refractivity contribution in [1.29, 1.82) is 0 Å². The van der Waals surface area contributed by atoms with Gasteiger partial charge >= 0.3 is 6.18 Å². The lowest BCUT2D eigenvalue weighted by molar-refractivity contribution is -0.137. The molecule has 28 heavy (non-hydrogen) atoms. The summed E-state index contributed by atoms with van der Waals surface area (Å²) in [4.78, 5) is 25.3. The van der Waals surface area contributed by atoms with Crippen LogP contribution in [0.1, 0.15) is 18.4 Å². The molecule has 0 bridgehead atoms. The first-order chi connectivity index (χ1) is 13.3. The lowest BCUT2D eigenvalue weighted by Crippen LogP contribution is -2.33. The summed E-state index contributed by atoms with van der Waals surface area (Å²) in [5, 5.41) is 0. The van der Waals surface area contributed by atoms with Crippen LogP contribution in [0.15, 0.2) is 48.5 Å². The topological polar surface area (TPSA) is 70.7 Å². The van der Waals surface area contributed by atoms with Crippen molar-refractivity contribution in [3.05, 3.63) is 54.1 Å². The third kappa shape index (κ3) is 4.93. The molecule has 2 aromatic carbocycles. The fourth-order valence-electron chi connectivity index (χ4n) is 2.76. The van der Waals surface area contributed by atoms with E-state index >= 15 is 0 Å². The van der Waals surface area contributed by atoms with Crippen molar-refractivity contribution < 1.29 is 27.5 Å². The zero-order valence-corrected chi connectivity index (χ0v) is 14.8. The van der Waals surface area contributed by atoms with Gasteiger partial charge in [0.1, 0.15) is 5.75 Å². The Bertz CT molecular complexity index is 871. The molecule has 2 N–H and O–H groups in total. The fraction of sp³-hybridized carbons (Fsp3) is 0.263. The van der Waals surface area contributed by atoms with Crippen LogP contribution in [0.3, 0.4) is 0 Å². The largest absolute Gasteiger partial charge is 0.484 e. The summed E-state index contributed by atoms with van der Waals surface area (Å²) in [5.41, 5.74) is 4.67. The van der Waals surface area contributed by atoms with E-state index in [9.17, 15) is 22.8 Å². The lowest BCUT2D eigenvalue weighted by Gasteiger charge is -2.17. The molecule has 1 aliphatic rings. The Morgan fingerprint density at radius 1 is 1.14 bits per heavy atom. The number of alkyl halides is 3. The molecule has 1 fully saturated rings. The van der Waals surface area contributed by atoms with Gasteiger partial charge in [-0.05, 0) is 36.8 Å². The summed E-state index contributed by atoms with van der Waals surface area (Å²) in [7, 11) is 0. The molecular weight excluding hydrogens is 375 g/mol. The van der Waals surface area contributed by atoms with Gasteiger partial charge in [-0.1, -0.05) is 12.1 Å². The number of rotatable bonds is 6. The van der Waals surface area contributed by atoms with Gasteiger partial charge in [0.05, 0.1) is 11.3 Å². The quantitative estimate of drug-likeness (QED) is 0.739. The summed E-state index contributed by atoms with van der Waals surface area (Å²) in [6, 6.07) is 11.3. The zero-order chi connectivity index (χ0) is 20.1. The van der Waals surface area contributed by atoms with Crippen molar-refractivity contribution >= 4 is 23.2 Å². The SMILES string of the molecule is O=C(COc1cccc(N2CCCC2=O)c1)NNc1cccc(C(F)(F)F)c1. The van der Waals surface area contributed by atoms with Crippen molar-refractivity contribution in [2.45, 2.75) is 19.0 Å². The second-order valence-electron chi connectivity index (χ2n) is 6.19. The number of carbonyl (C=O) groups excluding carboxylic acids is 2. The van der Waals surface area contributed by atoms with Crippen LogP contribution < -0.4 is 20.5 Å². The van der Waals surface area contributed by atoms with Crippen LogP contribution in [-0.2, 0) is 15.8 Å². The Labute approximate surface area is 159 Å². The number of nitrogens with one attached hydrogen (secondary N) is 2. The van der Waals surface area contributed by atoms with Gasteiger partial charge in [0.2, 0.25) is 5.91 Å². The van der Waals surface area contributed by atoms with E-state index in [0.717, 1.165) is 18.6 Å². The van der Waals surface area contributed by atoms with Crippen molar-refractivity contribution in [3.63, 3.8) is 0 Å². The average molecular weight is 393 g/mol. The molecule has 0 unspecified atom stereocenters. The van der Waals surface area contributed by atoms with Crippen LogP contribution in [0.5, 0.6) is 5.75 Å². The van der Waals surface area contributed by atoms with E-state index in [1.165, 1.54) is 12.1 Å². The summed E-state index contributed by atoms with van der Waals surface area (Å²) in [5.74, 6) is -0.119. The van der Waals surface area contributed by atoms with E-state index in [1.54, 1.807) is 29.2 Å². The summed E-state index contributed by atoms with van der Waals surface area (Å²) >= 11 is 0. The van der Waals surface area contributed by atoms with E-state index in [-0.39, 0.29) is 18.2 Å². The maximum atomic E-state index is 12.7. The van der Waals surface area contributed by atoms with E-state index in [4.69, 9.17) is 4.74 Å². The van der Waals surface area contributed by atoms with E-state index in [1.807, 2.05) is 0 Å². The number of amides is 2. The standard InChI is InChI=1S/C19H18F3N3O3/c20-19(21,22)13-4-1-5-14(10-13)23-24-17(26)12-28-16-7-2-6-15(11-16)25-9-3-8-18(25)27/h1-2,4-7,10-11,23H,3,8-9,12H2,(H,24,26). The Hall–Kier alpha value is -3.23. The molecule has 0 saturated carbocycles. The summed E-state index contributed by atoms with van der Waals surface area (Å²) < 4.78 is 43.5. The van der Waals surface area contributed by atoms with Crippen LogP contribution in [0.25, 0.3) is 0 Å². The zero-order valence-electron chi connectivity index (χ0n) is 14.8. The predicted molar refractivity (Wildman–Crippen MR) is 96.7 cm³/mol. The molecule has 1 heterocycles. The molecule has 0 aromatic heterocycles. The van der Waals surface area contributed by atoms with Gasteiger partial charge in [-0.3, -0.25) is 20.4 Å². The third-order valence-electron chi connectivity index (χ3n) is 4.11. The molecule has 0 radical (unpaired) electrons. The van der Waals surface area contributed by atoms with Crippen molar-refractivity contribution in [2.75, 3.05) is 23.5 Å². The van der Waals surface area contributed by atoms with Crippen LogP contribution in [0.4, 0.5) is 24.5 Å². The Morgan fingerprint density at radius 3 is 2.64 bits per heavy atom. The molecule has 1 aliphatic heterocycles. The van der Waals surface area contributed by atoms with E-state index in [2.05, 4.69) is 10.9 Å². The number of anilines is 2. The number of benzene rings is 2. The monoisotopic (exact) mass is 393 g/mol. The van der Waals surface area contributed by atoms with Gasteiger partial charge in [-0.2, -0.15) is 13.2 Å². The number of carbonyl (C=O) groups is 2. The number of halogens is 3. The molecule has 0 spiro atoms. The van der Waals surface area contributed by atoms with Gasteiger partial charge in [-0.15, -0.1) is 0 Å². The van der Waals surface area contributed by atoms with Crippen molar-refractivity contribution in [2.24, 2.45) is 0 Å². The smallest absolute Gasteiger partial charge is 0.416 e. The highest BCUT2D eigenvalue weighted by Gasteiger charge is 2.30.